The van der Waals surface area contributed by atoms with Gasteiger partial charge in [-0.05, 0) is 35.6 Å². The number of hydrogen-bond donors (Lipinski definition) is 1. The molecular weight excluding hydrogens is 374 g/mol. The molecule has 0 spiro atoms. The van der Waals surface area contributed by atoms with E-state index in [2.05, 4.69) is 22.5 Å². The van der Waals surface area contributed by atoms with Crippen molar-refractivity contribution >= 4 is 16.7 Å². The molecule has 1 amide bonds. The van der Waals surface area contributed by atoms with E-state index in [-0.39, 0.29) is 23.2 Å². The number of fused-ring (bicyclic) bond motifs is 2. The molecule has 5 heteroatoms. The molecule has 4 aromatic rings. The maximum absolute atomic E-state index is 13.3. The van der Waals surface area contributed by atoms with Gasteiger partial charge in [0, 0.05) is 5.39 Å². The zero-order valence-electron chi connectivity index (χ0n) is 16.4. The van der Waals surface area contributed by atoms with Crippen molar-refractivity contribution in [3.63, 3.8) is 0 Å². The van der Waals surface area contributed by atoms with Crippen LogP contribution < -0.4 is 10.9 Å². The normalized spacial score (nSPS) is 15.1. The molecule has 3 aromatic carbocycles. The van der Waals surface area contributed by atoms with E-state index in [0.717, 1.165) is 24.0 Å². The zero-order valence-corrected chi connectivity index (χ0v) is 16.4. The van der Waals surface area contributed by atoms with Crippen molar-refractivity contribution in [3.05, 3.63) is 112 Å². The lowest BCUT2D eigenvalue weighted by Crippen LogP contribution is -2.32. The Labute approximate surface area is 174 Å². The third-order valence-corrected chi connectivity index (χ3v) is 5.70. The molecular formula is C25H21N3O2. The summed E-state index contributed by atoms with van der Waals surface area (Å²) >= 11 is 0. The van der Waals surface area contributed by atoms with E-state index < -0.39 is 0 Å². The van der Waals surface area contributed by atoms with Crippen molar-refractivity contribution in [3.8, 4) is 0 Å². The van der Waals surface area contributed by atoms with Crippen LogP contribution in [-0.4, -0.2) is 15.7 Å². The number of benzene rings is 3. The quantitative estimate of drug-likeness (QED) is 0.571. The molecule has 1 aliphatic carbocycles. The van der Waals surface area contributed by atoms with E-state index >= 15 is 0 Å². The van der Waals surface area contributed by atoms with E-state index in [1.165, 1.54) is 10.2 Å². The van der Waals surface area contributed by atoms with E-state index in [1.807, 2.05) is 54.6 Å². The summed E-state index contributed by atoms with van der Waals surface area (Å²) in [5, 5.41) is 8.70. The molecule has 30 heavy (non-hydrogen) atoms. The molecule has 0 unspecified atom stereocenters. The van der Waals surface area contributed by atoms with Crippen LogP contribution in [-0.2, 0) is 13.0 Å². The summed E-state index contributed by atoms with van der Waals surface area (Å²) in [6, 6.07) is 25.0. The first-order valence-electron chi connectivity index (χ1n) is 10.1. The van der Waals surface area contributed by atoms with Gasteiger partial charge in [0.05, 0.1) is 18.0 Å². The van der Waals surface area contributed by atoms with Crippen LogP contribution in [0, 0.1) is 0 Å². The van der Waals surface area contributed by atoms with Crippen molar-refractivity contribution < 1.29 is 4.79 Å². The molecule has 148 valence electrons. The van der Waals surface area contributed by atoms with Crippen molar-refractivity contribution in [2.45, 2.75) is 25.4 Å². The molecule has 1 aliphatic rings. The van der Waals surface area contributed by atoms with E-state index in [0.29, 0.717) is 17.3 Å². The molecule has 1 N–H and O–H groups in total. The van der Waals surface area contributed by atoms with Crippen LogP contribution in [0.2, 0.25) is 0 Å². The summed E-state index contributed by atoms with van der Waals surface area (Å²) in [7, 11) is 0. The van der Waals surface area contributed by atoms with Gasteiger partial charge < -0.3 is 5.32 Å². The van der Waals surface area contributed by atoms with Gasteiger partial charge >= 0.3 is 0 Å². The molecule has 0 saturated heterocycles. The third-order valence-electron chi connectivity index (χ3n) is 5.70. The number of hydrogen-bond acceptors (Lipinski definition) is 3. The van der Waals surface area contributed by atoms with Gasteiger partial charge in [0.2, 0.25) is 0 Å². The lowest BCUT2D eigenvalue weighted by Gasteiger charge is -2.16. The smallest absolute Gasteiger partial charge is 0.274 e. The topological polar surface area (TPSA) is 64.0 Å². The number of rotatable bonds is 4. The second-order valence-corrected chi connectivity index (χ2v) is 7.61. The second-order valence-electron chi connectivity index (χ2n) is 7.61. The van der Waals surface area contributed by atoms with E-state index in [9.17, 15) is 9.59 Å². The third kappa shape index (κ3) is 3.28. The van der Waals surface area contributed by atoms with Crippen LogP contribution in [0.25, 0.3) is 10.8 Å². The average Bonchev–Trinajstić information content (AvgIpc) is 3.19. The Morgan fingerprint density at radius 2 is 1.63 bits per heavy atom. The summed E-state index contributed by atoms with van der Waals surface area (Å²) in [5.41, 5.74) is 3.48. The number of carbonyl (C=O) groups excluding carboxylic acids is 1. The lowest BCUT2D eigenvalue weighted by molar-refractivity contribution is 0.0931. The highest BCUT2D eigenvalue weighted by Crippen LogP contribution is 2.31. The minimum Gasteiger partial charge on any atom is -0.344 e. The standard InChI is InChI=1S/C25H21N3O2/c29-24(26-22-15-14-18-10-4-5-11-19(18)22)23-20-12-6-7-13-21(20)25(30)28(27-23)16-17-8-2-1-3-9-17/h1-13,22H,14-16H2,(H,26,29)/t22-/m0/s1. The minimum absolute atomic E-state index is 0.0382. The molecule has 5 rings (SSSR count). The predicted molar refractivity (Wildman–Crippen MR) is 117 cm³/mol. The molecule has 0 bridgehead atoms. The fraction of sp³-hybridized carbons (Fsp3) is 0.160. The Bertz CT molecular complexity index is 1290. The Morgan fingerprint density at radius 3 is 2.47 bits per heavy atom. The maximum Gasteiger partial charge on any atom is 0.274 e. The first-order chi connectivity index (χ1) is 14.7. The molecule has 0 fully saturated rings. The van der Waals surface area contributed by atoms with Crippen molar-refractivity contribution in [2.24, 2.45) is 0 Å². The molecule has 0 saturated carbocycles. The van der Waals surface area contributed by atoms with E-state index in [1.54, 1.807) is 12.1 Å². The van der Waals surface area contributed by atoms with Crippen LogP contribution in [0.4, 0.5) is 0 Å². The van der Waals surface area contributed by atoms with Gasteiger partial charge in [-0.1, -0.05) is 72.8 Å². The number of aromatic nitrogens is 2. The molecule has 1 aromatic heterocycles. The highest BCUT2D eigenvalue weighted by atomic mass is 16.2. The minimum atomic E-state index is -0.255. The second kappa shape index (κ2) is 7.59. The van der Waals surface area contributed by atoms with Gasteiger partial charge in [0.1, 0.15) is 0 Å². The van der Waals surface area contributed by atoms with Gasteiger partial charge in [-0.25, -0.2) is 4.68 Å². The zero-order chi connectivity index (χ0) is 20.5. The predicted octanol–water partition coefficient (Wildman–Crippen LogP) is 3.86. The van der Waals surface area contributed by atoms with Crippen LogP contribution >= 0.6 is 0 Å². The SMILES string of the molecule is O=C(N[C@H]1CCc2ccccc21)c1nn(Cc2ccccc2)c(=O)c2ccccc12. The van der Waals surface area contributed by atoms with Crippen LogP contribution in [0.5, 0.6) is 0 Å². The number of amides is 1. The summed E-state index contributed by atoms with van der Waals surface area (Å²) in [4.78, 5) is 26.2. The van der Waals surface area contributed by atoms with Crippen LogP contribution in [0.3, 0.4) is 0 Å². The van der Waals surface area contributed by atoms with Crippen molar-refractivity contribution in [2.75, 3.05) is 0 Å². The molecule has 1 heterocycles. The molecule has 0 radical (unpaired) electrons. The lowest BCUT2D eigenvalue weighted by atomic mass is 10.1. The fourth-order valence-electron chi connectivity index (χ4n) is 4.20. The maximum atomic E-state index is 13.3. The molecule has 5 nitrogen and oxygen atoms in total. The van der Waals surface area contributed by atoms with Gasteiger partial charge in [-0.15, -0.1) is 0 Å². The number of nitrogens with zero attached hydrogens (tertiary/aromatic N) is 2. The Balaban J connectivity index is 1.54. The van der Waals surface area contributed by atoms with Crippen molar-refractivity contribution in [1.82, 2.24) is 15.1 Å². The average molecular weight is 395 g/mol. The van der Waals surface area contributed by atoms with Gasteiger partial charge in [-0.3, -0.25) is 9.59 Å². The largest absolute Gasteiger partial charge is 0.344 e. The highest BCUT2D eigenvalue weighted by Gasteiger charge is 2.25. The van der Waals surface area contributed by atoms with E-state index in [4.69, 9.17) is 0 Å². The number of carbonyl (C=O) groups is 1. The Hall–Kier alpha value is -3.73. The summed E-state index contributed by atoms with van der Waals surface area (Å²) in [6.45, 7) is 0.317. The summed E-state index contributed by atoms with van der Waals surface area (Å²) in [5.74, 6) is -0.255. The number of nitrogens with one attached hydrogen (secondary N) is 1. The van der Waals surface area contributed by atoms with Gasteiger partial charge in [-0.2, -0.15) is 5.10 Å². The Kier molecular flexibility index (Phi) is 4.64. The first kappa shape index (κ1) is 18.3. The Morgan fingerprint density at radius 1 is 0.933 bits per heavy atom. The van der Waals surface area contributed by atoms with Crippen molar-refractivity contribution in [1.29, 1.82) is 0 Å². The number of aryl methyl sites for hydroxylation is 1. The van der Waals surface area contributed by atoms with Crippen LogP contribution in [0.1, 0.15) is 39.6 Å². The first-order valence-corrected chi connectivity index (χ1v) is 10.1. The highest BCUT2D eigenvalue weighted by molar-refractivity contribution is 6.04. The van der Waals surface area contributed by atoms with Gasteiger partial charge in [0.25, 0.3) is 11.5 Å². The molecule has 0 aliphatic heterocycles. The van der Waals surface area contributed by atoms with Crippen LogP contribution in [0.15, 0.2) is 83.7 Å². The fourth-order valence-corrected chi connectivity index (χ4v) is 4.20. The van der Waals surface area contributed by atoms with Gasteiger partial charge in [0.15, 0.2) is 5.69 Å². The summed E-state index contributed by atoms with van der Waals surface area (Å²) in [6.07, 6.45) is 1.81. The monoisotopic (exact) mass is 395 g/mol. The molecule has 1 atom stereocenters. The summed E-state index contributed by atoms with van der Waals surface area (Å²) < 4.78 is 1.38.